The SMILES string of the molecule is COc1ccc(C=CC(=O)N(CC(C)C)CC(C)C)cc1OC. The van der Waals surface area contributed by atoms with Crippen LogP contribution in [0.15, 0.2) is 24.3 Å². The van der Waals surface area contributed by atoms with Gasteiger partial charge in [0.1, 0.15) is 0 Å². The molecule has 0 radical (unpaired) electrons. The lowest BCUT2D eigenvalue weighted by Gasteiger charge is -2.25. The van der Waals surface area contributed by atoms with Crippen LogP contribution in [-0.2, 0) is 4.79 Å². The van der Waals surface area contributed by atoms with Gasteiger partial charge in [-0.3, -0.25) is 4.79 Å². The van der Waals surface area contributed by atoms with E-state index < -0.39 is 0 Å². The summed E-state index contributed by atoms with van der Waals surface area (Å²) in [7, 11) is 3.20. The molecule has 0 saturated carbocycles. The summed E-state index contributed by atoms with van der Waals surface area (Å²) in [5.74, 6) is 2.28. The van der Waals surface area contributed by atoms with Gasteiger partial charge in [0.05, 0.1) is 14.2 Å². The van der Waals surface area contributed by atoms with E-state index in [0.717, 1.165) is 18.7 Å². The van der Waals surface area contributed by atoms with Gasteiger partial charge in [-0.05, 0) is 35.6 Å². The molecule has 0 aliphatic carbocycles. The van der Waals surface area contributed by atoms with Crippen LogP contribution in [0.5, 0.6) is 11.5 Å². The molecule has 0 spiro atoms. The highest BCUT2D eigenvalue weighted by Crippen LogP contribution is 2.28. The minimum absolute atomic E-state index is 0.0437. The van der Waals surface area contributed by atoms with E-state index in [2.05, 4.69) is 27.7 Å². The van der Waals surface area contributed by atoms with Gasteiger partial charge >= 0.3 is 0 Å². The lowest BCUT2D eigenvalue weighted by Crippen LogP contribution is -2.35. The topological polar surface area (TPSA) is 38.8 Å². The molecule has 0 unspecified atom stereocenters. The quantitative estimate of drug-likeness (QED) is 0.683. The lowest BCUT2D eigenvalue weighted by molar-refractivity contribution is -0.127. The third kappa shape index (κ3) is 6.35. The molecule has 0 aliphatic rings. The second-order valence-corrected chi connectivity index (χ2v) is 6.48. The van der Waals surface area contributed by atoms with Crippen molar-refractivity contribution in [1.82, 2.24) is 4.90 Å². The maximum atomic E-state index is 12.4. The summed E-state index contributed by atoms with van der Waals surface area (Å²) in [6, 6.07) is 5.60. The van der Waals surface area contributed by atoms with Crippen LogP contribution in [0.3, 0.4) is 0 Å². The summed E-state index contributed by atoms with van der Waals surface area (Å²) in [4.78, 5) is 14.4. The number of rotatable bonds is 8. The molecular formula is C19H29NO3. The molecule has 0 aromatic heterocycles. The fourth-order valence-electron chi connectivity index (χ4n) is 2.37. The van der Waals surface area contributed by atoms with Crippen molar-refractivity contribution in [2.75, 3.05) is 27.3 Å². The summed E-state index contributed by atoms with van der Waals surface area (Å²) >= 11 is 0. The van der Waals surface area contributed by atoms with Crippen molar-refractivity contribution >= 4 is 12.0 Å². The summed E-state index contributed by atoms with van der Waals surface area (Å²) < 4.78 is 10.5. The van der Waals surface area contributed by atoms with Gasteiger partial charge in [-0.1, -0.05) is 33.8 Å². The zero-order valence-corrected chi connectivity index (χ0v) is 15.1. The average molecular weight is 319 g/mol. The van der Waals surface area contributed by atoms with E-state index in [1.807, 2.05) is 29.2 Å². The van der Waals surface area contributed by atoms with E-state index >= 15 is 0 Å². The average Bonchev–Trinajstić information content (AvgIpc) is 2.50. The first-order valence-electron chi connectivity index (χ1n) is 8.06. The van der Waals surface area contributed by atoms with Crippen molar-refractivity contribution in [2.45, 2.75) is 27.7 Å². The van der Waals surface area contributed by atoms with E-state index in [1.165, 1.54) is 0 Å². The normalized spacial score (nSPS) is 11.3. The second kappa shape index (κ2) is 9.23. The monoisotopic (exact) mass is 319 g/mol. The Kier molecular flexibility index (Phi) is 7.66. The number of ether oxygens (including phenoxy) is 2. The Morgan fingerprint density at radius 3 is 2.09 bits per heavy atom. The van der Waals surface area contributed by atoms with E-state index in [-0.39, 0.29) is 5.91 Å². The number of hydrogen-bond donors (Lipinski definition) is 0. The van der Waals surface area contributed by atoms with Gasteiger partial charge in [0, 0.05) is 19.2 Å². The van der Waals surface area contributed by atoms with Crippen LogP contribution < -0.4 is 9.47 Å². The summed E-state index contributed by atoms with van der Waals surface area (Å²) in [6.07, 6.45) is 3.45. The smallest absolute Gasteiger partial charge is 0.246 e. The van der Waals surface area contributed by atoms with Gasteiger partial charge in [0.15, 0.2) is 11.5 Å². The predicted molar refractivity (Wildman–Crippen MR) is 94.8 cm³/mol. The van der Waals surface area contributed by atoms with Crippen LogP contribution in [0, 0.1) is 11.8 Å². The Balaban J connectivity index is 2.86. The fraction of sp³-hybridized carbons (Fsp3) is 0.526. The molecule has 23 heavy (non-hydrogen) atoms. The molecule has 0 fully saturated rings. The first-order chi connectivity index (χ1) is 10.9. The molecule has 0 saturated heterocycles. The van der Waals surface area contributed by atoms with Crippen LogP contribution in [0.2, 0.25) is 0 Å². The molecule has 1 rings (SSSR count). The zero-order valence-electron chi connectivity index (χ0n) is 15.1. The third-order valence-electron chi connectivity index (χ3n) is 3.31. The lowest BCUT2D eigenvalue weighted by atomic mass is 10.1. The van der Waals surface area contributed by atoms with Gasteiger partial charge in [0.2, 0.25) is 5.91 Å². The Bertz CT molecular complexity index is 525. The minimum atomic E-state index is 0.0437. The molecule has 0 heterocycles. The molecule has 1 amide bonds. The third-order valence-corrected chi connectivity index (χ3v) is 3.31. The number of carbonyl (C=O) groups is 1. The molecule has 0 bridgehead atoms. The molecule has 4 heteroatoms. The van der Waals surface area contributed by atoms with E-state index in [0.29, 0.717) is 23.3 Å². The van der Waals surface area contributed by atoms with Gasteiger partial charge in [-0.25, -0.2) is 0 Å². The van der Waals surface area contributed by atoms with Crippen molar-refractivity contribution in [2.24, 2.45) is 11.8 Å². The number of benzene rings is 1. The van der Waals surface area contributed by atoms with Gasteiger partial charge in [-0.15, -0.1) is 0 Å². The van der Waals surface area contributed by atoms with Crippen LogP contribution in [0.1, 0.15) is 33.3 Å². The maximum Gasteiger partial charge on any atom is 0.246 e. The molecular weight excluding hydrogens is 290 g/mol. The van der Waals surface area contributed by atoms with Crippen LogP contribution in [0.25, 0.3) is 6.08 Å². The molecule has 4 nitrogen and oxygen atoms in total. The van der Waals surface area contributed by atoms with Crippen LogP contribution >= 0.6 is 0 Å². The Morgan fingerprint density at radius 1 is 1.04 bits per heavy atom. The van der Waals surface area contributed by atoms with Gasteiger partial charge < -0.3 is 14.4 Å². The number of carbonyl (C=O) groups excluding carboxylic acids is 1. The summed E-state index contributed by atoms with van der Waals surface area (Å²) in [6.45, 7) is 10.0. The first kappa shape index (κ1) is 19.1. The Labute approximate surface area is 140 Å². The molecule has 0 atom stereocenters. The van der Waals surface area contributed by atoms with E-state index in [9.17, 15) is 4.79 Å². The standard InChI is InChI=1S/C19H29NO3/c1-14(2)12-20(13-15(3)4)19(21)10-8-16-7-9-17(22-5)18(11-16)23-6/h7-11,14-15H,12-13H2,1-6H3. The number of methoxy groups -OCH3 is 2. The number of hydrogen-bond acceptors (Lipinski definition) is 3. The summed E-state index contributed by atoms with van der Waals surface area (Å²) in [5.41, 5.74) is 0.907. The zero-order chi connectivity index (χ0) is 17.4. The van der Waals surface area contributed by atoms with Gasteiger partial charge in [0.25, 0.3) is 0 Å². The fourth-order valence-corrected chi connectivity index (χ4v) is 2.37. The maximum absolute atomic E-state index is 12.4. The molecule has 0 aliphatic heterocycles. The Hall–Kier alpha value is -1.97. The van der Waals surface area contributed by atoms with Crippen molar-refractivity contribution in [3.8, 4) is 11.5 Å². The minimum Gasteiger partial charge on any atom is -0.493 e. The molecule has 1 aromatic carbocycles. The number of nitrogens with zero attached hydrogens (tertiary/aromatic N) is 1. The molecule has 1 aromatic rings. The predicted octanol–water partition coefficient (Wildman–Crippen LogP) is 3.86. The van der Waals surface area contributed by atoms with Gasteiger partial charge in [-0.2, -0.15) is 0 Å². The highest BCUT2D eigenvalue weighted by molar-refractivity contribution is 5.91. The van der Waals surface area contributed by atoms with E-state index in [4.69, 9.17) is 9.47 Å². The molecule has 128 valence electrons. The van der Waals surface area contributed by atoms with Crippen molar-refractivity contribution in [3.05, 3.63) is 29.8 Å². The number of amides is 1. The van der Waals surface area contributed by atoms with Crippen LogP contribution in [-0.4, -0.2) is 38.1 Å². The van der Waals surface area contributed by atoms with Crippen LogP contribution in [0.4, 0.5) is 0 Å². The van der Waals surface area contributed by atoms with E-state index in [1.54, 1.807) is 20.3 Å². The first-order valence-corrected chi connectivity index (χ1v) is 8.06. The second-order valence-electron chi connectivity index (χ2n) is 6.48. The highest BCUT2D eigenvalue weighted by atomic mass is 16.5. The molecule has 0 N–H and O–H groups in total. The highest BCUT2D eigenvalue weighted by Gasteiger charge is 2.13. The van der Waals surface area contributed by atoms with Crippen molar-refractivity contribution in [1.29, 1.82) is 0 Å². The summed E-state index contributed by atoms with van der Waals surface area (Å²) in [5, 5.41) is 0. The largest absolute Gasteiger partial charge is 0.493 e. The van der Waals surface area contributed by atoms with Crippen molar-refractivity contribution < 1.29 is 14.3 Å². The Morgan fingerprint density at radius 2 is 1.61 bits per heavy atom. The van der Waals surface area contributed by atoms with Crippen molar-refractivity contribution in [3.63, 3.8) is 0 Å².